The molecule has 412 valence electrons. The fraction of sp³-hybridized carbons (Fsp3) is 0.432. The summed E-state index contributed by atoms with van der Waals surface area (Å²) in [6.07, 6.45) is -10.2. The molecule has 5 aromatic rings. The van der Waals surface area contributed by atoms with Crippen LogP contribution in [0.1, 0.15) is 80.0 Å². The zero-order chi connectivity index (χ0) is 56.8. The van der Waals surface area contributed by atoms with E-state index in [0.29, 0.717) is 12.3 Å². The van der Waals surface area contributed by atoms with Crippen LogP contribution in [0.3, 0.4) is 0 Å². The number of halogens is 11. The molecular weight excluding hydrogens is 1120 g/mol. The minimum atomic E-state index is -5.25. The third-order valence-electron chi connectivity index (χ3n) is 12.0. The van der Waals surface area contributed by atoms with Gasteiger partial charge in [-0.1, -0.05) is 23.6 Å². The summed E-state index contributed by atoms with van der Waals surface area (Å²) in [6, 6.07) is 2.76. The number of benzene rings is 2. The summed E-state index contributed by atoms with van der Waals surface area (Å²) in [5.74, 6) is -6.38. The van der Waals surface area contributed by atoms with Crippen molar-refractivity contribution >= 4 is 67.9 Å². The summed E-state index contributed by atoms with van der Waals surface area (Å²) in [6.45, 7) is 0.347. The number of nitrogens with one attached hydrogen (secondary N) is 2. The molecule has 4 N–H and O–H groups in total. The Morgan fingerprint density at radius 3 is 2.14 bits per heavy atom. The molecule has 3 amide bonds. The summed E-state index contributed by atoms with van der Waals surface area (Å²) in [4.78, 5) is 51.2. The fourth-order valence-corrected chi connectivity index (χ4v) is 10.5. The van der Waals surface area contributed by atoms with Crippen LogP contribution in [0.15, 0.2) is 42.5 Å². The number of alkyl halides is 8. The van der Waals surface area contributed by atoms with Crippen LogP contribution in [0.25, 0.3) is 22.0 Å². The van der Waals surface area contributed by atoms with Crippen LogP contribution < -0.4 is 14.9 Å². The van der Waals surface area contributed by atoms with Crippen molar-refractivity contribution in [3.8, 4) is 23.0 Å². The van der Waals surface area contributed by atoms with Crippen LogP contribution in [-0.2, 0) is 65.4 Å². The normalized spacial score (nSPS) is 17.1. The summed E-state index contributed by atoms with van der Waals surface area (Å²) >= 11 is 6.62. The number of sulfone groups is 1. The molecule has 2 aliphatic carbocycles. The Balaban J connectivity index is 1.47. The Morgan fingerprint density at radius 2 is 1.58 bits per heavy atom. The fourth-order valence-electron chi connectivity index (χ4n) is 8.52. The summed E-state index contributed by atoms with van der Waals surface area (Å²) in [5.41, 5.74) is -8.25. The minimum Gasteiger partial charge on any atom is -0.346 e. The number of anilines is 1. The van der Waals surface area contributed by atoms with E-state index >= 15 is 8.78 Å². The van der Waals surface area contributed by atoms with Crippen molar-refractivity contribution < 1.29 is 89.2 Å². The number of carbonyl (C=O) groups is 2. The van der Waals surface area contributed by atoms with Gasteiger partial charge in [0.15, 0.2) is 21.3 Å². The quantitative estimate of drug-likeness (QED) is 0.0448. The third kappa shape index (κ3) is 12.3. The van der Waals surface area contributed by atoms with E-state index in [1.54, 1.807) is 0 Å². The number of phosphoric acid groups is 1. The lowest BCUT2D eigenvalue weighted by atomic mass is 9.93. The Morgan fingerprint density at radius 1 is 0.961 bits per heavy atom. The molecule has 1 saturated carbocycles. The first-order chi connectivity index (χ1) is 34.6. The van der Waals surface area contributed by atoms with Gasteiger partial charge in [0.25, 0.3) is 5.92 Å². The molecule has 32 heteroatoms. The zero-order valence-corrected chi connectivity index (χ0v) is 43.4. The van der Waals surface area contributed by atoms with Crippen molar-refractivity contribution in [1.29, 1.82) is 0 Å². The highest BCUT2D eigenvalue weighted by Gasteiger charge is 2.68. The molecule has 3 heterocycles. The van der Waals surface area contributed by atoms with Gasteiger partial charge >= 0.3 is 26.2 Å². The molecule has 0 aliphatic heterocycles. The number of pyridine rings is 1. The Hall–Kier alpha value is -5.83. The van der Waals surface area contributed by atoms with Crippen molar-refractivity contribution in [2.75, 3.05) is 23.4 Å². The molecule has 1 fully saturated rings. The lowest BCUT2D eigenvalue weighted by Gasteiger charge is -2.27. The molecule has 7 rings (SSSR count). The smallest absolute Gasteiger partial charge is 0.346 e. The molecule has 76 heavy (non-hydrogen) atoms. The maximum absolute atomic E-state index is 15.6. The average Bonchev–Trinajstić information content (AvgIpc) is 3.75. The first-order valence-electron chi connectivity index (χ1n) is 21.9. The number of hydrogen-bond donors (Lipinski definition) is 4. The van der Waals surface area contributed by atoms with Crippen molar-refractivity contribution in [1.82, 2.24) is 35.2 Å². The van der Waals surface area contributed by atoms with Crippen molar-refractivity contribution in [3.05, 3.63) is 93.0 Å². The molecule has 2 aromatic carbocycles. The van der Waals surface area contributed by atoms with E-state index in [1.807, 2.05) is 0 Å². The predicted molar refractivity (Wildman–Crippen MR) is 251 cm³/mol. The second-order valence-corrected chi connectivity index (χ2v) is 25.0. The molecule has 1 unspecified atom stereocenters. The van der Waals surface area contributed by atoms with Gasteiger partial charge in [-0.05, 0) is 88.3 Å². The number of hydrogen-bond acceptors (Lipinski definition) is 11. The average molecular weight is 1160 g/mol. The molecule has 3 aromatic heterocycles. The zero-order valence-electron chi connectivity index (χ0n) is 40.1. The van der Waals surface area contributed by atoms with Crippen molar-refractivity contribution in [3.63, 3.8) is 0 Å². The summed E-state index contributed by atoms with van der Waals surface area (Å²) in [7, 11) is -14.2. The first-order valence-corrected chi connectivity index (χ1v) is 27.6. The van der Waals surface area contributed by atoms with E-state index in [1.165, 1.54) is 13.8 Å². The minimum absolute atomic E-state index is 0.114. The van der Waals surface area contributed by atoms with Gasteiger partial charge < -0.3 is 20.4 Å². The number of phosphoric ester groups is 1. The first kappa shape index (κ1) is 57.9. The highest BCUT2D eigenvalue weighted by atomic mass is 35.5. The van der Waals surface area contributed by atoms with E-state index < -0.39 is 174 Å². The topological polar surface area (TPSA) is 245 Å². The molecule has 0 spiro atoms. The highest BCUT2D eigenvalue weighted by molar-refractivity contribution is 7.93. The maximum Gasteiger partial charge on any atom is 0.470 e. The highest BCUT2D eigenvalue weighted by Crippen LogP contribution is 2.68. The van der Waals surface area contributed by atoms with Crippen LogP contribution in [0.2, 0.25) is 5.02 Å². The lowest BCUT2D eigenvalue weighted by molar-refractivity contribution is -0.143. The third-order valence-corrected chi connectivity index (χ3v) is 16.1. The number of fused-ring (bicyclic) bond motifs is 4. The van der Waals surface area contributed by atoms with Gasteiger partial charge in [-0.25, -0.2) is 40.0 Å². The molecule has 0 saturated heterocycles. The molecule has 0 radical (unpaired) electrons. The number of sulfonamides is 1. The van der Waals surface area contributed by atoms with Gasteiger partial charge in [-0.2, -0.15) is 49.6 Å². The van der Waals surface area contributed by atoms with E-state index in [9.17, 15) is 75.9 Å². The second kappa shape index (κ2) is 19.6. The molecule has 2 aliphatic rings. The molecule has 3 atom stereocenters. The molecular formula is C44H42ClF10N8O10PS2. The van der Waals surface area contributed by atoms with E-state index in [2.05, 4.69) is 42.2 Å². The van der Waals surface area contributed by atoms with Gasteiger partial charge in [-0.15, -0.1) is 0 Å². The number of aromatic nitrogens is 5. The number of nitrogens with zero attached hydrogens (tertiary/aromatic N) is 6. The lowest BCUT2D eigenvalue weighted by Crippen LogP contribution is -2.48. The van der Waals surface area contributed by atoms with E-state index in [4.69, 9.17) is 11.6 Å². The SMILES string of the molecule is CC(C)(CNC(=O)N(c1nn(CC(F)(F)F)c2c(-c3ccc(C#CC(C)(C)S(C)(=O)=O)nc3C(Cc3cc(F)cc(F)c3)NC(=O)Cn3nc(C(F)(F)F)c4c3C(F)(F)[C@@H]3C[C@H]43)ccc(Cl)c12)S(C)(=O)=O)OP(=O)(O)O. The van der Waals surface area contributed by atoms with E-state index in [0.717, 1.165) is 56.5 Å². The number of carbonyl (C=O) groups excluding carboxylic acids is 2. The van der Waals surface area contributed by atoms with Gasteiger partial charge in [0.1, 0.15) is 40.9 Å². The van der Waals surface area contributed by atoms with Crippen molar-refractivity contribution in [2.24, 2.45) is 5.92 Å². The monoisotopic (exact) mass is 1160 g/mol. The van der Waals surface area contributed by atoms with Gasteiger partial charge in [0.2, 0.25) is 15.9 Å². The standard InChI is InChI=1S/C44H42ClF10N8O10PS2/c1-40(2,73-74(66,67)68)19-56-39(65)63(76(6,71)72)38-33-29(45)10-9-26(35(33)62(60-38)20-42(48,49)50)25-8-7-24(11-12-41(3,4)75(5,69)70)57-34(25)30(15-21-13-22(46)16-23(47)14-21)58-31(64)18-61-37-32(36(59-61)44(53,54)55)27-17-28(27)43(37,51)52/h7-10,13-14,16,27-28,30H,15,17-20H2,1-6H3,(H,56,65)(H,58,64)(H2,66,67,68)/t27-,28+,30?/m0/s1. The molecule has 18 nitrogen and oxygen atoms in total. The van der Waals surface area contributed by atoms with Crippen LogP contribution in [-0.4, -0.2) is 98.7 Å². The maximum atomic E-state index is 15.6. The Kier molecular flexibility index (Phi) is 14.9. The largest absolute Gasteiger partial charge is 0.470 e. The number of urea groups is 1. The van der Waals surface area contributed by atoms with Crippen LogP contribution in [0.5, 0.6) is 0 Å². The predicted octanol–water partition coefficient (Wildman–Crippen LogP) is 7.65. The van der Waals surface area contributed by atoms with Gasteiger partial charge in [-0.3, -0.25) is 18.7 Å². The second-order valence-electron chi connectivity index (χ2n) is 19.0. The van der Waals surface area contributed by atoms with E-state index in [-0.39, 0.29) is 36.9 Å². The van der Waals surface area contributed by atoms with Crippen LogP contribution in [0.4, 0.5) is 54.5 Å². The number of amides is 3. The summed E-state index contributed by atoms with van der Waals surface area (Å²) < 4.78 is 214. The van der Waals surface area contributed by atoms with Crippen molar-refractivity contribution in [2.45, 2.75) is 94.2 Å². The Bertz CT molecular complexity index is 3540. The summed E-state index contributed by atoms with van der Waals surface area (Å²) in [5, 5.41) is 10.4. The number of rotatable bonds is 15. The van der Waals surface area contributed by atoms with Crippen LogP contribution >= 0.6 is 19.4 Å². The van der Waals surface area contributed by atoms with Gasteiger partial charge in [0.05, 0.1) is 39.5 Å². The van der Waals surface area contributed by atoms with Crippen LogP contribution in [0, 0.1) is 29.4 Å². The molecule has 0 bridgehead atoms. The van der Waals surface area contributed by atoms with Gasteiger partial charge in [0, 0.05) is 41.5 Å². The Labute approximate surface area is 430 Å².